The van der Waals surface area contributed by atoms with Crippen molar-refractivity contribution in [2.75, 3.05) is 21.2 Å². The van der Waals surface area contributed by atoms with Crippen molar-refractivity contribution in [2.24, 2.45) is 0 Å². The van der Waals surface area contributed by atoms with Gasteiger partial charge in [0.1, 0.15) is 0 Å². The summed E-state index contributed by atoms with van der Waals surface area (Å²) in [7, 11) is 6.30. The van der Waals surface area contributed by atoms with Crippen molar-refractivity contribution in [1.82, 2.24) is 10.2 Å². The van der Waals surface area contributed by atoms with Gasteiger partial charge in [0.05, 0.1) is 6.10 Å². The Hall–Kier alpha value is -0.120. The van der Waals surface area contributed by atoms with E-state index in [4.69, 9.17) is 4.74 Å². The highest BCUT2D eigenvalue weighted by Gasteiger charge is 2.30. The average Bonchev–Trinajstić information content (AvgIpc) is 2.47. The van der Waals surface area contributed by atoms with E-state index in [-0.39, 0.29) is 0 Å². The summed E-state index contributed by atoms with van der Waals surface area (Å²) in [4.78, 5) is 2.68. The Morgan fingerprint density at radius 2 is 1.39 bits per heavy atom. The second kappa shape index (κ2) is 6.88. The van der Waals surface area contributed by atoms with Crippen molar-refractivity contribution in [3.63, 3.8) is 0 Å². The Morgan fingerprint density at radius 1 is 0.889 bits per heavy atom. The summed E-state index contributed by atoms with van der Waals surface area (Å²) in [6.07, 6.45) is 11.1. The van der Waals surface area contributed by atoms with Gasteiger partial charge in [-0.2, -0.15) is 0 Å². The first-order valence-electron chi connectivity index (χ1n) is 7.66. The first-order chi connectivity index (χ1) is 8.74. The molecule has 2 aliphatic carbocycles. The van der Waals surface area contributed by atoms with Gasteiger partial charge in [-0.1, -0.05) is 0 Å². The zero-order valence-corrected chi connectivity index (χ0v) is 12.3. The Labute approximate surface area is 112 Å². The number of hydrogen-bond acceptors (Lipinski definition) is 3. The number of nitrogens with one attached hydrogen (secondary N) is 1. The van der Waals surface area contributed by atoms with Crippen LogP contribution in [-0.2, 0) is 4.74 Å². The first kappa shape index (κ1) is 14.3. The third kappa shape index (κ3) is 3.46. The van der Waals surface area contributed by atoms with Crippen molar-refractivity contribution < 1.29 is 4.74 Å². The molecule has 0 saturated heterocycles. The van der Waals surface area contributed by atoms with Crippen LogP contribution < -0.4 is 5.32 Å². The molecule has 3 heteroatoms. The number of methoxy groups -OCH3 is 1. The molecular weight excluding hydrogens is 224 g/mol. The average molecular weight is 254 g/mol. The zero-order valence-electron chi connectivity index (χ0n) is 12.3. The molecule has 0 heterocycles. The molecule has 0 spiro atoms. The maximum atomic E-state index is 5.47. The van der Waals surface area contributed by atoms with Crippen LogP contribution in [0.15, 0.2) is 0 Å². The summed E-state index contributed by atoms with van der Waals surface area (Å²) in [5.41, 5.74) is 0. The van der Waals surface area contributed by atoms with Crippen molar-refractivity contribution >= 4 is 0 Å². The third-order valence-electron chi connectivity index (χ3n) is 5.23. The third-order valence-corrected chi connectivity index (χ3v) is 5.23. The largest absolute Gasteiger partial charge is 0.381 e. The second-order valence-corrected chi connectivity index (χ2v) is 6.13. The standard InChI is InChI=1S/C15H30N2O/c1-16-12-4-6-13(7-5-12)17(2)14-8-10-15(18-3)11-9-14/h12-16H,4-11H2,1-3H3. The lowest BCUT2D eigenvalue weighted by atomic mass is 9.86. The first-order valence-corrected chi connectivity index (χ1v) is 7.66. The van der Waals surface area contributed by atoms with Crippen LogP contribution in [0.4, 0.5) is 0 Å². The van der Waals surface area contributed by atoms with E-state index in [1.165, 1.54) is 51.4 Å². The lowest BCUT2D eigenvalue weighted by molar-refractivity contribution is 0.0284. The highest BCUT2D eigenvalue weighted by atomic mass is 16.5. The topological polar surface area (TPSA) is 24.5 Å². The normalized spacial score (nSPS) is 38.0. The molecule has 0 aliphatic heterocycles. The van der Waals surface area contributed by atoms with Crippen LogP contribution in [-0.4, -0.2) is 50.3 Å². The van der Waals surface area contributed by atoms with E-state index in [1.54, 1.807) is 0 Å². The SMILES string of the molecule is CNC1CCC(N(C)C2CCC(OC)CC2)CC1. The molecule has 1 N–H and O–H groups in total. The predicted octanol–water partition coefficient (Wildman–Crippen LogP) is 2.41. The number of nitrogens with zero attached hydrogens (tertiary/aromatic N) is 1. The maximum Gasteiger partial charge on any atom is 0.0572 e. The molecule has 2 saturated carbocycles. The monoisotopic (exact) mass is 254 g/mol. The summed E-state index contributed by atoms with van der Waals surface area (Å²) < 4.78 is 5.47. The van der Waals surface area contributed by atoms with Gasteiger partial charge in [0.2, 0.25) is 0 Å². The van der Waals surface area contributed by atoms with Gasteiger partial charge in [0, 0.05) is 25.2 Å². The van der Waals surface area contributed by atoms with Gasteiger partial charge in [0.25, 0.3) is 0 Å². The summed E-state index contributed by atoms with van der Waals surface area (Å²) in [6.45, 7) is 0. The molecule has 106 valence electrons. The molecule has 18 heavy (non-hydrogen) atoms. The summed E-state index contributed by atoms with van der Waals surface area (Å²) >= 11 is 0. The zero-order chi connectivity index (χ0) is 13.0. The van der Waals surface area contributed by atoms with Crippen molar-refractivity contribution in [3.05, 3.63) is 0 Å². The van der Waals surface area contributed by atoms with E-state index >= 15 is 0 Å². The maximum absolute atomic E-state index is 5.47. The molecule has 0 bridgehead atoms. The van der Waals surface area contributed by atoms with Gasteiger partial charge in [-0.3, -0.25) is 0 Å². The van der Waals surface area contributed by atoms with E-state index in [9.17, 15) is 0 Å². The fourth-order valence-corrected chi connectivity index (χ4v) is 3.76. The van der Waals surface area contributed by atoms with Crippen LogP contribution in [0, 0.1) is 0 Å². The van der Waals surface area contributed by atoms with E-state index in [2.05, 4.69) is 24.3 Å². The van der Waals surface area contributed by atoms with Crippen molar-refractivity contribution in [3.8, 4) is 0 Å². The van der Waals surface area contributed by atoms with Crippen LogP contribution in [0.5, 0.6) is 0 Å². The lowest BCUT2D eigenvalue weighted by Crippen LogP contribution is -2.46. The van der Waals surface area contributed by atoms with Gasteiger partial charge in [-0.25, -0.2) is 0 Å². The molecule has 2 aliphatic rings. The molecular formula is C15H30N2O. The van der Waals surface area contributed by atoms with E-state index in [0.717, 1.165) is 18.1 Å². The van der Waals surface area contributed by atoms with Gasteiger partial charge in [0.15, 0.2) is 0 Å². The van der Waals surface area contributed by atoms with Gasteiger partial charge >= 0.3 is 0 Å². The molecule has 0 amide bonds. The van der Waals surface area contributed by atoms with Crippen LogP contribution in [0.3, 0.4) is 0 Å². The number of rotatable bonds is 4. The van der Waals surface area contributed by atoms with Gasteiger partial charge in [-0.05, 0) is 65.5 Å². The minimum Gasteiger partial charge on any atom is -0.381 e. The molecule has 0 aromatic carbocycles. The Bertz CT molecular complexity index is 207. The van der Waals surface area contributed by atoms with Crippen molar-refractivity contribution in [1.29, 1.82) is 0 Å². The fourth-order valence-electron chi connectivity index (χ4n) is 3.76. The summed E-state index contributed by atoms with van der Waals surface area (Å²) in [6, 6.07) is 2.38. The molecule has 0 aromatic heterocycles. The van der Waals surface area contributed by atoms with Crippen LogP contribution in [0.1, 0.15) is 51.4 Å². The van der Waals surface area contributed by atoms with Crippen LogP contribution in [0.2, 0.25) is 0 Å². The number of hydrogen-bond donors (Lipinski definition) is 1. The Balaban J connectivity index is 1.76. The van der Waals surface area contributed by atoms with Crippen LogP contribution in [0.25, 0.3) is 0 Å². The highest BCUT2D eigenvalue weighted by molar-refractivity contribution is 4.86. The molecule has 0 aromatic rings. The Kier molecular flexibility index (Phi) is 5.46. The minimum atomic E-state index is 0.523. The highest BCUT2D eigenvalue weighted by Crippen LogP contribution is 2.29. The minimum absolute atomic E-state index is 0.523. The van der Waals surface area contributed by atoms with Gasteiger partial charge in [-0.15, -0.1) is 0 Å². The van der Waals surface area contributed by atoms with Crippen molar-refractivity contribution in [2.45, 2.75) is 75.6 Å². The smallest absolute Gasteiger partial charge is 0.0572 e. The summed E-state index contributed by atoms with van der Waals surface area (Å²) in [5.74, 6) is 0. The Morgan fingerprint density at radius 3 is 1.83 bits per heavy atom. The predicted molar refractivity (Wildman–Crippen MR) is 75.9 cm³/mol. The van der Waals surface area contributed by atoms with E-state index in [0.29, 0.717) is 6.10 Å². The molecule has 2 rings (SSSR count). The fraction of sp³-hybridized carbons (Fsp3) is 1.00. The van der Waals surface area contributed by atoms with Crippen LogP contribution >= 0.6 is 0 Å². The lowest BCUT2D eigenvalue weighted by Gasteiger charge is -2.41. The van der Waals surface area contributed by atoms with E-state index in [1.807, 2.05) is 7.11 Å². The molecule has 2 fully saturated rings. The summed E-state index contributed by atoms with van der Waals surface area (Å²) in [5, 5.41) is 3.42. The quantitative estimate of drug-likeness (QED) is 0.834. The molecule has 0 unspecified atom stereocenters. The molecule has 3 nitrogen and oxygen atoms in total. The van der Waals surface area contributed by atoms with E-state index < -0.39 is 0 Å². The number of ether oxygens (including phenoxy) is 1. The molecule has 0 atom stereocenters. The second-order valence-electron chi connectivity index (χ2n) is 6.13. The van der Waals surface area contributed by atoms with Gasteiger partial charge < -0.3 is 15.0 Å². The molecule has 0 radical (unpaired) electrons.